The molecule has 108 valence electrons. The van der Waals surface area contributed by atoms with Gasteiger partial charge in [-0.25, -0.2) is 0 Å². The van der Waals surface area contributed by atoms with Crippen LogP contribution in [0.5, 0.6) is 0 Å². The molecule has 1 aliphatic rings. The van der Waals surface area contributed by atoms with Crippen molar-refractivity contribution in [1.29, 1.82) is 0 Å². The highest BCUT2D eigenvalue weighted by Gasteiger charge is 2.28. The van der Waals surface area contributed by atoms with Gasteiger partial charge in [0.25, 0.3) is 0 Å². The number of hydroxylamine groups is 2. The molecule has 21 heavy (non-hydrogen) atoms. The fourth-order valence-corrected chi connectivity index (χ4v) is 2.88. The van der Waals surface area contributed by atoms with Crippen molar-refractivity contribution in [2.45, 2.75) is 5.92 Å². The third-order valence-electron chi connectivity index (χ3n) is 3.78. The van der Waals surface area contributed by atoms with Crippen molar-refractivity contribution in [2.24, 2.45) is 0 Å². The maximum atomic E-state index is 10.7. The summed E-state index contributed by atoms with van der Waals surface area (Å²) >= 11 is 0. The van der Waals surface area contributed by atoms with Gasteiger partial charge in [0, 0.05) is 13.0 Å². The van der Waals surface area contributed by atoms with Crippen LogP contribution >= 0.6 is 0 Å². The Morgan fingerprint density at radius 3 is 2.14 bits per heavy atom. The summed E-state index contributed by atoms with van der Waals surface area (Å²) in [5, 5.41) is 10.1. The molecule has 4 heteroatoms. The second-order valence-corrected chi connectivity index (χ2v) is 5.20. The summed E-state index contributed by atoms with van der Waals surface area (Å²) in [6.45, 7) is 0.313. The smallest absolute Gasteiger partial charge is 0.320 e. The van der Waals surface area contributed by atoms with E-state index in [9.17, 15) is 4.79 Å². The van der Waals surface area contributed by atoms with Gasteiger partial charge < -0.3 is 5.11 Å². The molecule has 0 atom stereocenters. The molecular formula is C17H17NO3. The Balaban J connectivity index is 1.84. The van der Waals surface area contributed by atoms with E-state index in [1.807, 2.05) is 24.3 Å². The fourth-order valence-electron chi connectivity index (χ4n) is 2.88. The topological polar surface area (TPSA) is 49.8 Å². The zero-order chi connectivity index (χ0) is 14.8. The number of carboxylic acid groups (broad SMARTS) is 1. The van der Waals surface area contributed by atoms with Gasteiger partial charge in [-0.1, -0.05) is 48.5 Å². The lowest BCUT2D eigenvalue weighted by molar-refractivity contribution is -0.167. The van der Waals surface area contributed by atoms with E-state index in [1.165, 1.54) is 27.3 Å². The number of carboxylic acids is 1. The van der Waals surface area contributed by atoms with E-state index in [0.717, 1.165) is 0 Å². The van der Waals surface area contributed by atoms with E-state index >= 15 is 0 Å². The first kappa shape index (κ1) is 13.8. The zero-order valence-electron chi connectivity index (χ0n) is 11.8. The lowest BCUT2D eigenvalue weighted by atomic mass is 9.98. The summed E-state index contributed by atoms with van der Waals surface area (Å²) < 4.78 is 0. The minimum absolute atomic E-state index is 0.129. The van der Waals surface area contributed by atoms with Gasteiger partial charge in [0.15, 0.2) is 0 Å². The molecule has 0 aliphatic heterocycles. The number of hydrogen-bond acceptors (Lipinski definition) is 3. The Morgan fingerprint density at radius 1 is 1.10 bits per heavy atom. The van der Waals surface area contributed by atoms with E-state index in [4.69, 9.17) is 9.94 Å². The minimum atomic E-state index is -0.898. The molecule has 4 nitrogen and oxygen atoms in total. The van der Waals surface area contributed by atoms with Crippen LogP contribution in [0.25, 0.3) is 11.1 Å². The van der Waals surface area contributed by atoms with Gasteiger partial charge in [-0.15, -0.1) is 0 Å². The molecule has 0 aromatic heterocycles. The quantitative estimate of drug-likeness (QED) is 0.857. The van der Waals surface area contributed by atoms with Crippen molar-refractivity contribution in [2.75, 3.05) is 20.2 Å². The van der Waals surface area contributed by atoms with Gasteiger partial charge in [-0.3, -0.25) is 9.63 Å². The summed E-state index contributed by atoms with van der Waals surface area (Å²) in [5.41, 5.74) is 4.95. The SMILES string of the molecule is CN(CC(=O)O)OCC1c2ccccc2-c2ccccc21. The molecule has 0 saturated heterocycles. The van der Waals surface area contributed by atoms with Gasteiger partial charge in [0.2, 0.25) is 0 Å². The van der Waals surface area contributed by atoms with Gasteiger partial charge >= 0.3 is 5.97 Å². The van der Waals surface area contributed by atoms with Crippen molar-refractivity contribution in [3.8, 4) is 11.1 Å². The maximum absolute atomic E-state index is 10.7. The number of nitrogens with zero attached hydrogens (tertiary/aromatic N) is 1. The molecule has 0 amide bonds. The summed E-state index contributed by atoms with van der Waals surface area (Å²) in [7, 11) is 1.64. The first-order valence-corrected chi connectivity index (χ1v) is 6.91. The van der Waals surface area contributed by atoms with E-state index < -0.39 is 5.97 Å². The molecule has 0 fully saturated rings. The lowest BCUT2D eigenvalue weighted by Gasteiger charge is -2.19. The molecule has 2 aromatic carbocycles. The van der Waals surface area contributed by atoms with Gasteiger partial charge in [-0.2, -0.15) is 5.06 Å². The Bertz CT molecular complexity index is 623. The highest BCUT2D eigenvalue weighted by molar-refractivity contribution is 5.78. The summed E-state index contributed by atoms with van der Waals surface area (Å²) in [6.07, 6.45) is 0. The zero-order valence-corrected chi connectivity index (χ0v) is 11.8. The highest BCUT2D eigenvalue weighted by Crippen LogP contribution is 2.44. The largest absolute Gasteiger partial charge is 0.480 e. The van der Waals surface area contributed by atoms with Crippen molar-refractivity contribution < 1.29 is 14.7 Å². The summed E-state index contributed by atoms with van der Waals surface area (Å²) in [4.78, 5) is 16.3. The Kier molecular flexibility index (Phi) is 3.73. The molecular weight excluding hydrogens is 266 g/mol. The highest BCUT2D eigenvalue weighted by atomic mass is 16.7. The van der Waals surface area contributed by atoms with Crippen LogP contribution in [-0.4, -0.2) is 36.3 Å². The van der Waals surface area contributed by atoms with Crippen LogP contribution in [0.2, 0.25) is 0 Å². The number of fused-ring (bicyclic) bond motifs is 3. The van der Waals surface area contributed by atoms with Crippen molar-refractivity contribution in [3.63, 3.8) is 0 Å². The third-order valence-corrected chi connectivity index (χ3v) is 3.78. The first-order valence-electron chi connectivity index (χ1n) is 6.91. The number of likely N-dealkylation sites (N-methyl/N-ethyl adjacent to an activating group) is 1. The van der Waals surface area contributed by atoms with Gasteiger partial charge in [0.1, 0.15) is 6.54 Å². The normalized spacial score (nSPS) is 13.2. The Labute approximate surface area is 123 Å². The molecule has 0 bridgehead atoms. The second-order valence-electron chi connectivity index (χ2n) is 5.20. The molecule has 0 unspecified atom stereocenters. The predicted octanol–water partition coefficient (Wildman–Crippen LogP) is 2.75. The number of carbonyl (C=O) groups is 1. The average molecular weight is 283 g/mol. The van der Waals surface area contributed by atoms with Crippen LogP contribution in [0.3, 0.4) is 0 Å². The van der Waals surface area contributed by atoms with E-state index in [-0.39, 0.29) is 12.5 Å². The predicted molar refractivity (Wildman–Crippen MR) is 79.9 cm³/mol. The molecule has 0 spiro atoms. The van der Waals surface area contributed by atoms with Crippen molar-refractivity contribution >= 4 is 5.97 Å². The number of aliphatic carboxylic acids is 1. The minimum Gasteiger partial charge on any atom is -0.480 e. The molecule has 1 N–H and O–H groups in total. The molecule has 3 rings (SSSR count). The number of benzene rings is 2. The van der Waals surface area contributed by atoms with Crippen LogP contribution in [0.15, 0.2) is 48.5 Å². The molecule has 0 saturated carbocycles. The van der Waals surface area contributed by atoms with Crippen LogP contribution in [-0.2, 0) is 9.63 Å². The average Bonchev–Trinajstić information content (AvgIpc) is 2.79. The third kappa shape index (κ3) is 2.68. The number of hydrogen-bond donors (Lipinski definition) is 1. The van der Waals surface area contributed by atoms with Gasteiger partial charge in [-0.05, 0) is 22.3 Å². The molecule has 0 radical (unpaired) electrons. The van der Waals surface area contributed by atoms with Crippen LogP contribution in [0.1, 0.15) is 17.0 Å². The first-order chi connectivity index (χ1) is 10.2. The lowest BCUT2D eigenvalue weighted by Crippen LogP contribution is -2.27. The second kappa shape index (κ2) is 5.68. The molecule has 2 aromatic rings. The van der Waals surface area contributed by atoms with Crippen LogP contribution in [0.4, 0.5) is 0 Å². The van der Waals surface area contributed by atoms with E-state index in [2.05, 4.69) is 24.3 Å². The molecule has 0 heterocycles. The number of rotatable bonds is 5. The standard InChI is InChI=1S/C17H17NO3/c1-18(10-17(19)20)21-11-16-14-8-4-2-6-12(14)13-7-3-5-9-15(13)16/h2-9,16H,10-11H2,1H3,(H,19,20). The summed E-state index contributed by atoms with van der Waals surface area (Å²) in [6, 6.07) is 16.6. The van der Waals surface area contributed by atoms with Crippen LogP contribution in [0, 0.1) is 0 Å². The Hall–Kier alpha value is -2.17. The maximum Gasteiger partial charge on any atom is 0.320 e. The van der Waals surface area contributed by atoms with Gasteiger partial charge in [0.05, 0.1) is 6.61 Å². The van der Waals surface area contributed by atoms with Crippen LogP contribution < -0.4 is 0 Å². The van der Waals surface area contributed by atoms with Crippen molar-refractivity contribution in [1.82, 2.24) is 5.06 Å². The van der Waals surface area contributed by atoms with E-state index in [1.54, 1.807) is 7.05 Å². The summed E-state index contributed by atoms with van der Waals surface area (Å²) in [5.74, 6) is -0.752. The van der Waals surface area contributed by atoms with Crippen molar-refractivity contribution in [3.05, 3.63) is 59.7 Å². The fraction of sp³-hybridized carbons (Fsp3) is 0.235. The molecule has 1 aliphatic carbocycles. The van der Waals surface area contributed by atoms with E-state index in [0.29, 0.717) is 6.61 Å². The Morgan fingerprint density at radius 2 is 1.62 bits per heavy atom. The monoisotopic (exact) mass is 283 g/mol.